The molecule has 1 aromatic carbocycles. The molecule has 106 valence electrons. The van der Waals surface area contributed by atoms with Gasteiger partial charge in [-0.25, -0.2) is 9.37 Å². The fraction of sp³-hybridized carbons (Fsp3) is 0.0833. The van der Waals surface area contributed by atoms with Crippen molar-refractivity contribution in [3.05, 3.63) is 42.3 Å². The summed E-state index contributed by atoms with van der Waals surface area (Å²) in [5.41, 5.74) is 5.74. The molecule has 0 aliphatic carbocycles. The average Bonchev–Trinajstić information content (AvgIpc) is 2.41. The summed E-state index contributed by atoms with van der Waals surface area (Å²) in [4.78, 5) is 3.73. The molecule has 0 amide bonds. The number of benzene rings is 1. The molecule has 0 atom stereocenters. The zero-order valence-corrected chi connectivity index (χ0v) is 11.3. The maximum Gasteiger partial charge on any atom is 0.281 e. The molecule has 0 aliphatic heterocycles. The van der Waals surface area contributed by atoms with Crippen molar-refractivity contribution in [2.75, 3.05) is 17.6 Å². The third-order valence-corrected chi connectivity index (χ3v) is 3.81. The van der Waals surface area contributed by atoms with Gasteiger partial charge in [-0.05, 0) is 24.3 Å². The number of rotatable bonds is 4. The van der Waals surface area contributed by atoms with E-state index >= 15 is 0 Å². The van der Waals surface area contributed by atoms with Crippen LogP contribution in [0.2, 0.25) is 0 Å². The second-order valence-electron chi connectivity index (χ2n) is 3.85. The van der Waals surface area contributed by atoms with Crippen molar-refractivity contribution in [3.8, 4) is 5.75 Å². The van der Waals surface area contributed by atoms with Gasteiger partial charge in [0.1, 0.15) is 0 Å². The maximum absolute atomic E-state index is 13.3. The highest BCUT2D eigenvalue weighted by Gasteiger charge is 2.19. The van der Waals surface area contributed by atoms with Crippen molar-refractivity contribution in [3.63, 3.8) is 0 Å². The zero-order chi connectivity index (χ0) is 14.8. The van der Waals surface area contributed by atoms with Crippen LogP contribution in [0.15, 0.2) is 41.6 Å². The Morgan fingerprint density at radius 2 is 2.10 bits per heavy atom. The Hall–Kier alpha value is -2.35. The van der Waals surface area contributed by atoms with Crippen LogP contribution in [0, 0.1) is 5.82 Å². The Morgan fingerprint density at radius 1 is 1.35 bits per heavy atom. The van der Waals surface area contributed by atoms with Gasteiger partial charge in [-0.3, -0.25) is 4.72 Å². The Balaban J connectivity index is 2.36. The molecule has 8 heteroatoms. The number of ether oxygens (including phenoxy) is 1. The second-order valence-corrected chi connectivity index (χ2v) is 5.45. The van der Waals surface area contributed by atoms with E-state index in [1.807, 2.05) is 0 Å². The molecule has 20 heavy (non-hydrogen) atoms. The summed E-state index contributed by atoms with van der Waals surface area (Å²) in [5, 5.41) is -0.289. The number of halogens is 1. The molecule has 0 bridgehead atoms. The summed E-state index contributed by atoms with van der Waals surface area (Å²) in [6, 6.07) is 6.54. The lowest BCUT2D eigenvalue weighted by Gasteiger charge is -2.10. The van der Waals surface area contributed by atoms with Gasteiger partial charge in [0.05, 0.1) is 18.5 Å². The fourth-order valence-corrected chi connectivity index (χ4v) is 2.67. The minimum atomic E-state index is -3.95. The predicted octanol–water partition coefficient (Wildman–Crippen LogP) is 1.61. The molecule has 0 unspecified atom stereocenters. The van der Waals surface area contributed by atoms with Gasteiger partial charge in [0.15, 0.2) is 16.6 Å². The van der Waals surface area contributed by atoms with Gasteiger partial charge in [0.2, 0.25) is 0 Å². The molecule has 2 rings (SSSR count). The topological polar surface area (TPSA) is 94.3 Å². The molecule has 2 aromatic rings. The summed E-state index contributed by atoms with van der Waals surface area (Å²) in [6.07, 6.45) is 1.32. The lowest BCUT2D eigenvalue weighted by atomic mass is 10.3. The summed E-state index contributed by atoms with van der Waals surface area (Å²) >= 11 is 0. The van der Waals surface area contributed by atoms with E-state index in [4.69, 9.17) is 10.5 Å². The Kier molecular flexibility index (Phi) is 3.75. The molecule has 0 aliphatic rings. The van der Waals surface area contributed by atoms with Crippen molar-refractivity contribution in [2.24, 2.45) is 0 Å². The largest absolute Gasteiger partial charge is 0.494 e. The quantitative estimate of drug-likeness (QED) is 0.894. The number of methoxy groups -OCH3 is 1. The van der Waals surface area contributed by atoms with Crippen LogP contribution in [-0.2, 0) is 10.0 Å². The minimum Gasteiger partial charge on any atom is -0.494 e. The molecule has 1 aromatic heterocycles. The molecule has 0 saturated carbocycles. The standard InChI is InChI=1S/C12H12FN3O3S/c1-19-11-7-8(4-5-9(11)13)16-20(17,18)12-10(14)3-2-6-15-12/h2-7,16H,14H2,1H3. The Bertz CT molecular complexity index is 734. The number of nitrogen functional groups attached to an aromatic ring is 1. The lowest BCUT2D eigenvalue weighted by molar-refractivity contribution is 0.387. The number of pyridine rings is 1. The first-order chi connectivity index (χ1) is 9.44. The van der Waals surface area contributed by atoms with Crippen LogP contribution in [0.1, 0.15) is 0 Å². The van der Waals surface area contributed by atoms with E-state index in [9.17, 15) is 12.8 Å². The van der Waals surface area contributed by atoms with E-state index in [1.165, 1.54) is 37.6 Å². The van der Waals surface area contributed by atoms with Crippen molar-refractivity contribution < 1.29 is 17.5 Å². The first-order valence-electron chi connectivity index (χ1n) is 5.51. The van der Waals surface area contributed by atoms with Gasteiger partial charge in [-0.2, -0.15) is 8.42 Å². The highest BCUT2D eigenvalue weighted by atomic mass is 32.2. The van der Waals surface area contributed by atoms with Crippen LogP contribution < -0.4 is 15.2 Å². The van der Waals surface area contributed by atoms with Gasteiger partial charge in [0.25, 0.3) is 10.0 Å². The molecule has 0 fully saturated rings. The van der Waals surface area contributed by atoms with Crippen molar-refractivity contribution in [1.29, 1.82) is 0 Å². The highest BCUT2D eigenvalue weighted by molar-refractivity contribution is 7.92. The Morgan fingerprint density at radius 3 is 2.75 bits per heavy atom. The number of nitrogens with one attached hydrogen (secondary N) is 1. The van der Waals surface area contributed by atoms with Gasteiger partial charge < -0.3 is 10.5 Å². The second kappa shape index (κ2) is 5.33. The van der Waals surface area contributed by atoms with Crippen molar-refractivity contribution in [1.82, 2.24) is 4.98 Å². The highest BCUT2D eigenvalue weighted by Crippen LogP contribution is 2.24. The molecule has 0 spiro atoms. The molecule has 1 heterocycles. The van der Waals surface area contributed by atoms with Crippen LogP contribution in [0.25, 0.3) is 0 Å². The Labute approximate surface area is 115 Å². The maximum atomic E-state index is 13.3. The van der Waals surface area contributed by atoms with E-state index in [2.05, 4.69) is 9.71 Å². The van der Waals surface area contributed by atoms with Crippen LogP contribution >= 0.6 is 0 Å². The van der Waals surface area contributed by atoms with Gasteiger partial charge >= 0.3 is 0 Å². The average molecular weight is 297 g/mol. The number of anilines is 2. The fourth-order valence-electron chi connectivity index (χ4n) is 1.55. The summed E-state index contributed by atoms with van der Waals surface area (Å²) < 4.78 is 44.5. The molecule has 3 N–H and O–H groups in total. The SMILES string of the molecule is COc1cc(NS(=O)(=O)c2ncccc2N)ccc1F. The van der Waals surface area contributed by atoms with E-state index in [1.54, 1.807) is 0 Å². The molecular weight excluding hydrogens is 285 g/mol. The molecular formula is C12H12FN3O3S. The van der Waals surface area contributed by atoms with E-state index in [0.717, 1.165) is 6.07 Å². The van der Waals surface area contributed by atoms with E-state index in [-0.39, 0.29) is 22.2 Å². The first-order valence-corrected chi connectivity index (χ1v) is 6.99. The normalized spacial score (nSPS) is 11.1. The van der Waals surface area contributed by atoms with Crippen LogP contribution in [-0.4, -0.2) is 20.5 Å². The van der Waals surface area contributed by atoms with E-state index in [0.29, 0.717) is 0 Å². The summed E-state index contributed by atoms with van der Waals surface area (Å²) in [6.45, 7) is 0. The monoisotopic (exact) mass is 297 g/mol. The number of aromatic nitrogens is 1. The number of hydrogen-bond donors (Lipinski definition) is 2. The molecule has 6 nitrogen and oxygen atoms in total. The van der Waals surface area contributed by atoms with Crippen molar-refractivity contribution in [2.45, 2.75) is 5.03 Å². The van der Waals surface area contributed by atoms with Gasteiger partial charge in [0, 0.05) is 12.3 Å². The molecule has 0 radical (unpaired) electrons. The summed E-state index contributed by atoms with van der Waals surface area (Å²) in [5.74, 6) is -0.660. The molecule has 0 saturated heterocycles. The van der Waals surface area contributed by atoms with Gasteiger partial charge in [-0.1, -0.05) is 0 Å². The number of hydrogen-bond acceptors (Lipinski definition) is 5. The van der Waals surface area contributed by atoms with Crippen molar-refractivity contribution >= 4 is 21.4 Å². The lowest BCUT2D eigenvalue weighted by Crippen LogP contribution is -2.16. The van der Waals surface area contributed by atoms with E-state index < -0.39 is 15.8 Å². The third kappa shape index (κ3) is 2.80. The number of nitrogens with two attached hydrogens (primary N) is 1. The predicted molar refractivity (Wildman–Crippen MR) is 72.4 cm³/mol. The number of sulfonamides is 1. The number of nitrogens with zero attached hydrogens (tertiary/aromatic N) is 1. The van der Waals surface area contributed by atoms with Crippen LogP contribution in [0.5, 0.6) is 5.75 Å². The smallest absolute Gasteiger partial charge is 0.281 e. The minimum absolute atomic E-state index is 0.0223. The van der Waals surface area contributed by atoms with Crippen LogP contribution in [0.4, 0.5) is 15.8 Å². The zero-order valence-electron chi connectivity index (χ0n) is 10.5. The first kappa shape index (κ1) is 14.1. The summed E-state index contributed by atoms with van der Waals surface area (Å²) in [7, 11) is -2.66. The van der Waals surface area contributed by atoms with Gasteiger partial charge in [-0.15, -0.1) is 0 Å². The third-order valence-electron chi connectivity index (χ3n) is 2.46. The van der Waals surface area contributed by atoms with Crippen LogP contribution in [0.3, 0.4) is 0 Å².